The first-order valence-electron chi connectivity index (χ1n) is 15.1. The maximum Gasteiger partial charge on any atom is 0.217 e. The normalized spacial score (nSPS) is 50.2. The van der Waals surface area contributed by atoms with Gasteiger partial charge in [-0.2, -0.15) is 0 Å². The van der Waals surface area contributed by atoms with Crippen LogP contribution in [0.3, 0.4) is 0 Å². The van der Waals surface area contributed by atoms with Crippen molar-refractivity contribution in [2.24, 2.45) is 0 Å². The van der Waals surface area contributed by atoms with Crippen LogP contribution < -0.4 is 5.32 Å². The molecule has 4 fully saturated rings. The van der Waals surface area contributed by atoms with E-state index in [1.165, 1.54) is 0 Å². The molecule has 0 aromatic carbocycles. The second kappa shape index (κ2) is 16.8. The maximum atomic E-state index is 11.6. The van der Waals surface area contributed by atoms with Crippen molar-refractivity contribution in [1.82, 2.24) is 5.32 Å². The molecule has 4 aliphatic rings. The number of rotatable bonds is 11. The van der Waals surface area contributed by atoms with Crippen LogP contribution in [0.4, 0.5) is 0 Å². The number of aliphatic hydroxyl groups is 13. The summed E-state index contributed by atoms with van der Waals surface area (Å²) in [5.41, 5.74) is 0. The lowest BCUT2D eigenvalue weighted by Gasteiger charge is -2.49. The van der Waals surface area contributed by atoms with Gasteiger partial charge in [-0.25, -0.2) is 0 Å². The second-order valence-electron chi connectivity index (χ2n) is 11.9. The molecule has 0 saturated carbocycles. The molecule has 4 heterocycles. The molecule has 4 saturated heterocycles. The molecule has 48 heavy (non-hydrogen) atoms. The summed E-state index contributed by atoms with van der Waals surface area (Å²) in [6.45, 7) is -2.38. The zero-order valence-electron chi connectivity index (χ0n) is 25.5. The topological polar surface area (TPSA) is 357 Å². The Labute approximate surface area is 272 Å². The molecular formula is C26H45NO21. The molecule has 4 aliphatic heterocycles. The summed E-state index contributed by atoms with van der Waals surface area (Å²) >= 11 is 0. The van der Waals surface area contributed by atoms with Crippen LogP contribution in [0.25, 0.3) is 0 Å². The molecule has 0 aromatic heterocycles. The first kappa shape index (κ1) is 39.5. The fourth-order valence-corrected chi connectivity index (χ4v) is 5.92. The molecule has 4 rings (SSSR count). The van der Waals surface area contributed by atoms with E-state index in [2.05, 4.69) is 5.32 Å². The molecule has 22 heteroatoms. The summed E-state index contributed by atoms with van der Waals surface area (Å²) < 4.78 is 38.6. The van der Waals surface area contributed by atoms with Crippen molar-refractivity contribution >= 4 is 5.91 Å². The summed E-state index contributed by atoms with van der Waals surface area (Å²) in [4.78, 5) is 11.6. The molecule has 0 spiro atoms. The van der Waals surface area contributed by atoms with Gasteiger partial charge in [-0.1, -0.05) is 0 Å². The van der Waals surface area contributed by atoms with Gasteiger partial charge in [0.05, 0.1) is 26.4 Å². The van der Waals surface area contributed by atoms with Crippen LogP contribution >= 0.6 is 0 Å². The summed E-state index contributed by atoms with van der Waals surface area (Å²) in [7, 11) is 0. The highest BCUT2D eigenvalue weighted by Gasteiger charge is 2.55. The average Bonchev–Trinajstić information content (AvgIpc) is 3.06. The lowest BCUT2D eigenvalue weighted by atomic mass is 9.95. The number of hydrogen-bond donors (Lipinski definition) is 14. The molecule has 1 amide bonds. The highest BCUT2D eigenvalue weighted by molar-refractivity contribution is 5.73. The quantitative estimate of drug-likeness (QED) is 0.0947. The van der Waals surface area contributed by atoms with Gasteiger partial charge in [-0.15, -0.1) is 0 Å². The zero-order chi connectivity index (χ0) is 35.6. The van der Waals surface area contributed by atoms with Crippen molar-refractivity contribution in [3.63, 3.8) is 0 Å². The minimum absolute atomic E-state index is 0.671. The van der Waals surface area contributed by atoms with Gasteiger partial charge >= 0.3 is 0 Å². The van der Waals surface area contributed by atoms with Crippen molar-refractivity contribution in [2.75, 3.05) is 26.4 Å². The Balaban J connectivity index is 1.59. The van der Waals surface area contributed by atoms with Crippen molar-refractivity contribution in [1.29, 1.82) is 0 Å². The molecule has 0 aliphatic carbocycles. The van der Waals surface area contributed by atoms with Crippen LogP contribution in [0.5, 0.6) is 0 Å². The summed E-state index contributed by atoms with van der Waals surface area (Å²) in [5.74, 6) is -0.671. The predicted octanol–water partition coefficient (Wildman–Crippen LogP) is -9.61. The second-order valence-corrected chi connectivity index (χ2v) is 11.9. The first-order chi connectivity index (χ1) is 22.7. The van der Waals surface area contributed by atoms with Gasteiger partial charge in [0.25, 0.3) is 0 Å². The Hall–Kier alpha value is -1.33. The van der Waals surface area contributed by atoms with Gasteiger partial charge in [0.2, 0.25) is 5.91 Å². The van der Waals surface area contributed by atoms with Crippen LogP contribution in [0.15, 0.2) is 0 Å². The number of nitrogens with one attached hydrogen (secondary N) is 1. The van der Waals surface area contributed by atoms with E-state index >= 15 is 0 Å². The number of hydrogen-bond acceptors (Lipinski definition) is 21. The fraction of sp³-hybridized carbons (Fsp3) is 0.962. The minimum Gasteiger partial charge on any atom is -0.394 e. The Morgan fingerprint density at radius 2 is 0.958 bits per heavy atom. The third-order valence-electron chi connectivity index (χ3n) is 8.61. The maximum absolute atomic E-state index is 11.6. The number of ether oxygens (including phenoxy) is 7. The predicted molar refractivity (Wildman–Crippen MR) is 145 cm³/mol. The van der Waals surface area contributed by atoms with Crippen molar-refractivity contribution in [2.45, 2.75) is 130 Å². The van der Waals surface area contributed by atoms with E-state index in [0.29, 0.717) is 0 Å². The first-order valence-corrected chi connectivity index (χ1v) is 15.1. The third-order valence-corrected chi connectivity index (χ3v) is 8.61. The monoisotopic (exact) mass is 707 g/mol. The molecule has 20 atom stereocenters. The van der Waals surface area contributed by atoms with E-state index in [4.69, 9.17) is 33.2 Å². The molecule has 14 N–H and O–H groups in total. The third kappa shape index (κ3) is 8.08. The highest BCUT2D eigenvalue weighted by Crippen LogP contribution is 2.34. The highest BCUT2D eigenvalue weighted by atomic mass is 16.8. The molecule has 0 radical (unpaired) electrons. The molecule has 0 unspecified atom stereocenters. The van der Waals surface area contributed by atoms with Crippen LogP contribution in [-0.4, -0.2) is 221 Å². The Bertz CT molecular complexity index is 1030. The van der Waals surface area contributed by atoms with Gasteiger partial charge in [0.15, 0.2) is 25.2 Å². The van der Waals surface area contributed by atoms with Crippen LogP contribution in [-0.2, 0) is 38.0 Å². The van der Waals surface area contributed by atoms with Crippen LogP contribution in [0.2, 0.25) is 0 Å². The van der Waals surface area contributed by atoms with Gasteiger partial charge in [0.1, 0.15) is 97.6 Å². The van der Waals surface area contributed by atoms with Crippen LogP contribution in [0, 0.1) is 0 Å². The number of carbonyl (C=O) groups excluding carboxylic acids is 1. The smallest absolute Gasteiger partial charge is 0.217 e. The molecule has 280 valence electrons. The van der Waals surface area contributed by atoms with Crippen molar-refractivity contribution < 1.29 is 104 Å². The van der Waals surface area contributed by atoms with E-state index in [0.717, 1.165) is 6.92 Å². The Kier molecular flexibility index (Phi) is 13.8. The molecular weight excluding hydrogens is 662 g/mol. The summed E-state index contributed by atoms with van der Waals surface area (Å²) in [5, 5.41) is 137. The molecule has 0 aromatic rings. The van der Waals surface area contributed by atoms with E-state index in [9.17, 15) is 71.2 Å². The van der Waals surface area contributed by atoms with Gasteiger partial charge in [-0.3, -0.25) is 4.79 Å². The summed E-state index contributed by atoms with van der Waals surface area (Å²) in [6.07, 6.45) is -34.2. The van der Waals surface area contributed by atoms with Gasteiger partial charge in [-0.05, 0) is 0 Å². The van der Waals surface area contributed by atoms with E-state index in [1.54, 1.807) is 0 Å². The number of aliphatic hydroxyl groups excluding tert-OH is 13. The van der Waals surface area contributed by atoms with E-state index < -0.39 is 155 Å². The lowest BCUT2D eigenvalue weighted by Crippen LogP contribution is -2.68. The Morgan fingerprint density at radius 3 is 1.50 bits per heavy atom. The summed E-state index contributed by atoms with van der Waals surface area (Å²) in [6, 6.07) is -1.47. The molecule has 22 nitrogen and oxygen atoms in total. The van der Waals surface area contributed by atoms with Gasteiger partial charge < -0.3 is 105 Å². The van der Waals surface area contributed by atoms with Gasteiger partial charge in [0, 0.05) is 6.92 Å². The number of amides is 1. The SMILES string of the molecule is CC(=O)N[C@@H]1[C@@H](O)[C@H](O[C@H]2O[C@@H](CO)[C@H](O)[C@@H](O[C@@H]3O[C@@H](CO)[C@H](O)[C@@H](O)[C@H]3O[C@@H]3O[C@@H](CO)[C@H](O)[C@@H](O)[C@H]3O)[C@H]2O)[C@@H](CO)O[C@@H]1O. The largest absolute Gasteiger partial charge is 0.394 e. The zero-order valence-corrected chi connectivity index (χ0v) is 25.5. The average molecular weight is 708 g/mol. The van der Waals surface area contributed by atoms with Crippen molar-refractivity contribution in [3.05, 3.63) is 0 Å². The minimum atomic E-state index is -2.06. The standard InChI is InChI=1S/C26H45NO21/c1-6(32)27-11-15(36)20(10(5-31)42-23(11)41)46-25-19(40)21(14(35)9(4-30)44-25)47-26-22(17(38)13(34)8(3-29)45-26)48-24-18(39)16(37)12(33)7(2-28)43-24/h7-26,28-31,33-41H,2-5H2,1H3,(H,27,32)/t7-,8-,9-,10+,11+,12-,13-,14-,15+,16+,17+,18+,19+,20+,21+,22+,23-,24-,25+,26-/m0/s1. The lowest BCUT2D eigenvalue weighted by molar-refractivity contribution is -0.394. The molecule has 0 bridgehead atoms. The van der Waals surface area contributed by atoms with E-state index in [-0.39, 0.29) is 0 Å². The number of carbonyl (C=O) groups is 1. The van der Waals surface area contributed by atoms with Crippen LogP contribution in [0.1, 0.15) is 6.92 Å². The fourth-order valence-electron chi connectivity index (χ4n) is 5.92. The van der Waals surface area contributed by atoms with Crippen molar-refractivity contribution in [3.8, 4) is 0 Å². The van der Waals surface area contributed by atoms with E-state index in [1.807, 2.05) is 0 Å². The Morgan fingerprint density at radius 1 is 0.500 bits per heavy atom.